The number of nitrogen functional groups attached to an aromatic ring is 1. The summed E-state index contributed by atoms with van der Waals surface area (Å²) >= 11 is 1.37. The predicted octanol–water partition coefficient (Wildman–Crippen LogP) is 3.06. The van der Waals surface area contributed by atoms with Gasteiger partial charge in [0, 0.05) is 18.0 Å². The van der Waals surface area contributed by atoms with E-state index in [0.717, 1.165) is 5.01 Å². The molecule has 0 unspecified atom stereocenters. The molecular formula is C28H21N9O2S. The molecule has 0 aliphatic heterocycles. The molecule has 0 spiro atoms. The lowest BCUT2D eigenvalue weighted by atomic mass is 10.1. The molecule has 6 rings (SSSR count). The molecule has 0 saturated heterocycles. The Balaban J connectivity index is 1.48. The van der Waals surface area contributed by atoms with Gasteiger partial charge in [0.25, 0.3) is 11.5 Å². The molecule has 0 bridgehead atoms. The maximum atomic E-state index is 14.1. The topological polar surface area (TPSA) is 146 Å². The smallest absolute Gasteiger partial charge is 0.267 e. The fraction of sp³-hybridized carbons (Fsp3) is 0.107. The summed E-state index contributed by atoms with van der Waals surface area (Å²) in [7, 11) is 0. The average Bonchev–Trinajstić information content (AvgIpc) is 3.53. The van der Waals surface area contributed by atoms with Crippen LogP contribution in [0.15, 0.2) is 71.8 Å². The van der Waals surface area contributed by atoms with Gasteiger partial charge < -0.3 is 11.1 Å². The van der Waals surface area contributed by atoms with E-state index in [-0.39, 0.29) is 16.9 Å². The SMILES string of the molecule is Cc1nnc(C#Cc2cccc3nc([C@H](C)NC(=O)c4c(N)nn5cccnc45)n(-c4ccccc4)c(=O)c23)s1. The maximum Gasteiger partial charge on any atom is 0.267 e. The molecule has 0 radical (unpaired) electrons. The first-order valence-corrected chi connectivity index (χ1v) is 13.1. The molecule has 11 nitrogen and oxygen atoms in total. The zero-order chi connectivity index (χ0) is 27.8. The lowest BCUT2D eigenvalue weighted by Gasteiger charge is -2.20. The number of aryl methyl sites for hydroxylation is 1. The van der Waals surface area contributed by atoms with Crippen LogP contribution in [0.5, 0.6) is 0 Å². The highest BCUT2D eigenvalue weighted by Gasteiger charge is 2.24. The summed E-state index contributed by atoms with van der Waals surface area (Å²) in [6.45, 7) is 3.60. The fourth-order valence-electron chi connectivity index (χ4n) is 4.39. The first-order chi connectivity index (χ1) is 19.4. The molecule has 0 saturated carbocycles. The van der Waals surface area contributed by atoms with E-state index in [1.807, 2.05) is 25.1 Å². The van der Waals surface area contributed by atoms with Crippen LogP contribution < -0.4 is 16.6 Å². The molecule has 1 atom stereocenters. The number of carbonyl (C=O) groups excluding carboxylic acids is 1. The van der Waals surface area contributed by atoms with Gasteiger partial charge in [-0.25, -0.2) is 14.5 Å². The second-order valence-corrected chi connectivity index (χ2v) is 10.0. The number of hydrogen-bond acceptors (Lipinski definition) is 9. The molecule has 3 N–H and O–H groups in total. The van der Waals surface area contributed by atoms with Crippen molar-refractivity contribution >= 4 is 39.6 Å². The summed E-state index contributed by atoms with van der Waals surface area (Å²) in [5.41, 5.74) is 7.76. The van der Waals surface area contributed by atoms with E-state index in [1.54, 1.807) is 55.7 Å². The van der Waals surface area contributed by atoms with Crippen molar-refractivity contribution in [1.29, 1.82) is 0 Å². The van der Waals surface area contributed by atoms with Crippen LogP contribution in [0.25, 0.3) is 22.2 Å². The predicted molar refractivity (Wildman–Crippen MR) is 151 cm³/mol. The van der Waals surface area contributed by atoms with Crippen LogP contribution in [0.3, 0.4) is 0 Å². The summed E-state index contributed by atoms with van der Waals surface area (Å²) in [6.07, 6.45) is 3.21. The Labute approximate surface area is 231 Å². The summed E-state index contributed by atoms with van der Waals surface area (Å²) in [6, 6.07) is 15.4. The molecule has 40 heavy (non-hydrogen) atoms. The van der Waals surface area contributed by atoms with Crippen molar-refractivity contribution in [2.24, 2.45) is 0 Å². The minimum Gasteiger partial charge on any atom is -0.381 e. The number of fused-ring (bicyclic) bond motifs is 2. The second-order valence-electron chi connectivity index (χ2n) is 8.87. The number of carbonyl (C=O) groups is 1. The van der Waals surface area contributed by atoms with E-state index in [4.69, 9.17) is 10.7 Å². The summed E-state index contributed by atoms with van der Waals surface area (Å²) < 4.78 is 2.93. The molecule has 4 heterocycles. The van der Waals surface area contributed by atoms with E-state index in [1.165, 1.54) is 20.4 Å². The highest BCUT2D eigenvalue weighted by Crippen LogP contribution is 2.22. The van der Waals surface area contributed by atoms with Crippen LogP contribution in [0.2, 0.25) is 0 Å². The molecule has 0 aliphatic carbocycles. The van der Waals surface area contributed by atoms with E-state index >= 15 is 0 Å². The normalized spacial score (nSPS) is 11.8. The first-order valence-electron chi connectivity index (χ1n) is 12.2. The molecule has 1 amide bonds. The van der Waals surface area contributed by atoms with Gasteiger partial charge in [0.1, 0.15) is 16.4 Å². The van der Waals surface area contributed by atoms with Gasteiger partial charge in [-0.3, -0.25) is 14.2 Å². The Morgan fingerprint density at radius 1 is 1.07 bits per heavy atom. The minimum atomic E-state index is -0.693. The number of amides is 1. The quantitative estimate of drug-likeness (QED) is 0.320. The highest BCUT2D eigenvalue weighted by molar-refractivity contribution is 7.11. The summed E-state index contributed by atoms with van der Waals surface area (Å²) in [5.74, 6) is 5.96. The highest BCUT2D eigenvalue weighted by atomic mass is 32.1. The van der Waals surface area contributed by atoms with Gasteiger partial charge >= 0.3 is 0 Å². The maximum absolute atomic E-state index is 14.1. The van der Waals surface area contributed by atoms with Gasteiger partial charge in [0.2, 0.25) is 0 Å². The van der Waals surface area contributed by atoms with Crippen LogP contribution in [-0.2, 0) is 0 Å². The molecule has 0 fully saturated rings. The minimum absolute atomic E-state index is 0.0455. The molecule has 2 aromatic carbocycles. The van der Waals surface area contributed by atoms with E-state index in [9.17, 15) is 9.59 Å². The molecule has 0 aliphatic rings. The number of nitrogens with one attached hydrogen (secondary N) is 1. The Kier molecular flexibility index (Phi) is 6.25. The number of aromatic nitrogens is 7. The fourth-order valence-corrected chi connectivity index (χ4v) is 4.94. The van der Waals surface area contributed by atoms with E-state index < -0.39 is 11.9 Å². The number of nitrogens with two attached hydrogens (primary N) is 1. The van der Waals surface area contributed by atoms with Crippen molar-refractivity contribution in [2.45, 2.75) is 19.9 Å². The van der Waals surface area contributed by atoms with Crippen molar-refractivity contribution in [3.05, 3.63) is 104 Å². The number of anilines is 1. The Hall–Kier alpha value is -5.41. The zero-order valence-corrected chi connectivity index (χ0v) is 22.2. The van der Waals surface area contributed by atoms with Crippen LogP contribution in [0, 0.1) is 18.8 Å². The van der Waals surface area contributed by atoms with Crippen LogP contribution >= 0.6 is 11.3 Å². The van der Waals surface area contributed by atoms with E-state index in [0.29, 0.717) is 38.6 Å². The average molecular weight is 548 g/mol. The zero-order valence-electron chi connectivity index (χ0n) is 21.4. The van der Waals surface area contributed by atoms with E-state index in [2.05, 4.69) is 37.4 Å². The Morgan fingerprint density at radius 2 is 1.90 bits per heavy atom. The van der Waals surface area contributed by atoms with Gasteiger partial charge in [-0.1, -0.05) is 41.5 Å². The number of nitrogens with zero attached hydrogens (tertiary/aromatic N) is 7. The van der Waals surface area contributed by atoms with Gasteiger partial charge in [-0.2, -0.15) is 0 Å². The standard InChI is InChI=1S/C28H21N9O2S/c1-16(31-27(38)23-24(29)35-36-15-7-14-30-26(23)36)25-32-20-11-6-8-18(12-13-21-34-33-17(2)40-21)22(20)28(39)37(25)19-9-4-3-5-10-19/h3-11,14-16H,1-2H3,(H2,29,35)(H,31,38)/t16-/m0/s1. The number of para-hydroxylation sites is 1. The molecule has 4 aromatic heterocycles. The van der Waals surface area contributed by atoms with Crippen molar-refractivity contribution < 1.29 is 4.79 Å². The Bertz CT molecular complexity index is 2030. The van der Waals surface area contributed by atoms with Crippen molar-refractivity contribution in [2.75, 3.05) is 5.73 Å². The van der Waals surface area contributed by atoms with Crippen molar-refractivity contribution in [3.63, 3.8) is 0 Å². The van der Waals surface area contributed by atoms with Gasteiger partial charge in [0.15, 0.2) is 16.5 Å². The molecule has 6 aromatic rings. The van der Waals surface area contributed by atoms with Gasteiger partial charge in [-0.15, -0.1) is 15.3 Å². The van der Waals surface area contributed by atoms with Crippen LogP contribution in [0.4, 0.5) is 5.82 Å². The second kappa shape index (κ2) is 10.0. The molecule has 12 heteroatoms. The Morgan fingerprint density at radius 3 is 2.67 bits per heavy atom. The molecular weight excluding hydrogens is 526 g/mol. The monoisotopic (exact) mass is 547 g/mol. The van der Waals surface area contributed by atoms with Crippen LogP contribution in [0.1, 0.15) is 44.7 Å². The lowest BCUT2D eigenvalue weighted by molar-refractivity contribution is 0.0940. The van der Waals surface area contributed by atoms with Gasteiger partial charge in [-0.05, 0) is 50.1 Å². The third-order valence-electron chi connectivity index (χ3n) is 6.15. The largest absolute Gasteiger partial charge is 0.381 e. The molecule has 196 valence electrons. The lowest BCUT2D eigenvalue weighted by Crippen LogP contribution is -2.33. The first kappa shape index (κ1) is 24.9. The number of rotatable bonds is 4. The van der Waals surface area contributed by atoms with Crippen molar-refractivity contribution in [3.8, 4) is 17.5 Å². The number of benzene rings is 2. The third-order valence-corrected chi connectivity index (χ3v) is 6.91. The summed E-state index contributed by atoms with van der Waals surface area (Å²) in [4.78, 5) is 36.6. The van der Waals surface area contributed by atoms with Gasteiger partial charge in [0.05, 0.1) is 22.6 Å². The number of hydrogen-bond donors (Lipinski definition) is 2. The summed E-state index contributed by atoms with van der Waals surface area (Å²) in [5, 5.41) is 16.8. The van der Waals surface area contributed by atoms with Crippen LogP contribution in [-0.4, -0.2) is 40.3 Å². The third kappa shape index (κ3) is 4.44. The van der Waals surface area contributed by atoms with Crippen molar-refractivity contribution in [1.82, 2.24) is 39.7 Å².